The van der Waals surface area contributed by atoms with Crippen LogP contribution in [-0.2, 0) is 6.61 Å². The van der Waals surface area contributed by atoms with Crippen LogP contribution in [0.4, 0.5) is 0 Å². The third-order valence-corrected chi connectivity index (χ3v) is 3.73. The van der Waals surface area contributed by atoms with Crippen LogP contribution in [0.3, 0.4) is 0 Å². The molecule has 10 heavy (non-hydrogen) atoms. The summed E-state index contributed by atoms with van der Waals surface area (Å²) in [5, 5.41) is 8.84. The molecule has 54 valence electrons. The third-order valence-electron chi connectivity index (χ3n) is 1.23. The van der Waals surface area contributed by atoms with Crippen molar-refractivity contribution in [1.82, 2.24) is 0 Å². The molecule has 0 fully saturated rings. The molecule has 3 heteroatoms. The number of aliphatic hydroxyl groups is 1. The third kappa shape index (κ3) is 1.95. The molecule has 0 spiro atoms. The van der Waals surface area contributed by atoms with Gasteiger partial charge in [0, 0.05) is 0 Å². The SMILES string of the molecule is OCc1ccccc1S[At]. The summed E-state index contributed by atoms with van der Waals surface area (Å²) >= 11 is 1.64. The van der Waals surface area contributed by atoms with Crippen molar-refractivity contribution in [1.29, 1.82) is 0 Å². The molecule has 0 aliphatic rings. The topological polar surface area (TPSA) is 20.2 Å². The fourth-order valence-electron chi connectivity index (χ4n) is 0.710. The van der Waals surface area contributed by atoms with Crippen molar-refractivity contribution >= 4 is 8.52 Å². The minimum atomic E-state index is 0.145. The molecule has 1 N–H and O–H groups in total. The Bertz CT molecular complexity index is 192. The van der Waals surface area contributed by atoms with Crippen molar-refractivity contribution in [3.05, 3.63) is 29.8 Å². The van der Waals surface area contributed by atoms with E-state index in [1.54, 1.807) is 31.8 Å². The molecule has 1 rings (SSSR count). The van der Waals surface area contributed by atoms with Crippen LogP contribution in [0.5, 0.6) is 0 Å². The van der Waals surface area contributed by atoms with Gasteiger partial charge >= 0.3 is 78.2 Å². The second-order valence-corrected chi connectivity index (χ2v) is 4.24. The minimum absolute atomic E-state index is 0.145. The zero-order valence-corrected chi connectivity index (χ0v) is 9.01. The summed E-state index contributed by atoms with van der Waals surface area (Å²) in [6, 6.07) is 7.90. The zero-order chi connectivity index (χ0) is 7.40. The summed E-state index contributed by atoms with van der Waals surface area (Å²) in [7, 11) is 1.72. The van der Waals surface area contributed by atoms with Gasteiger partial charge in [-0.15, -0.1) is 0 Å². The average Bonchev–Trinajstić information content (AvgIpc) is 2.04. The first-order valence-corrected chi connectivity index (χ1v) is 7.17. The molecule has 0 unspecified atom stereocenters. The molecule has 0 bridgehead atoms. The predicted molar refractivity (Wildman–Crippen MR) is 38.2 cm³/mol. The van der Waals surface area contributed by atoms with Gasteiger partial charge in [-0.2, -0.15) is 0 Å². The Hall–Kier alpha value is 0.413. The molecular formula is C7H7AtOS. The van der Waals surface area contributed by atoms with Gasteiger partial charge in [-0.1, -0.05) is 0 Å². The van der Waals surface area contributed by atoms with E-state index in [1.165, 1.54) is 4.90 Å². The normalized spacial score (nSPS) is 9.80. The Morgan fingerprint density at radius 3 is 2.60 bits per heavy atom. The predicted octanol–water partition coefficient (Wildman–Crippen LogP) is 1.74. The Labute approximate surface area is 77.9 Å². The Morgan fingerprint density at radius 2 is 2.10 bits per heavy atom. The van der Waals surface area contributed by atoms with E-state index in [2.05, 4.69) is 0 Å². The van der Waals surface area contributed by atoms with Crippen LogP contribution in [0.1, 0.15) is 5.56 Å². The summed E-state index contributed by atoms with van der Waals surface area (Å²) in [6.07, 6.45) is 0. The molecule has 0 amide bonds. The zero-order valence-electron chi connectivity index (χ0n) is 5.25. The van der Waals surface area contributed by atoms with E-state index >= 15 is 0 Å². The molecular weight excluding hydrogens is 342 g/mol. The van der Waals surface area contributed by atoms with Crippen LogP contribution in [0.15, 0.2) is 29.2 Å². The quantitative estimate of drug-likeness (QED) is 0.878. The van der Waals surface area contributed by atoms with Crippen LogP contribution in [0.2, 0.25) is 0 Å². The first kappa shape index (κ1) is 8.51. The number of aliphatic hydroxyl groups excluding tert-OH is 1. The Balaban J connectivity index is 2.96. The molecule has 0 saturated heterocycles. The van der Waals surface area contributed by atoms with Gasteiger partial charge in [-0.05, 0) is 0 Å². The van der Waals surface area contributed by atoms with Gasteiger partial charge in [0.05, 0.1) is 0 Å². The molecule has 1 aromatic rings. The van der Waals surface area contributed by atoms with Crippen LogP contribution in [0, 0.1) is 23.3 Å². The van der Waals surface area contributed by atoms with E-state index in [0.717, 1.165) is 5.56 Å². The monoisotopic (exact) mass is 349 g/mol. The Morgan fingerprint density at radius 1 is 1.40 bits per heavy atom. The second-order valence-electron chi connectivity index (χ2n) is 1.84. The van der Waals surface area contributed by atoms with Gasteiger partial charge in [0.25, 0.3) is 0 Å². The van der Waals surface area contributed by atoms with Gasteiger partial charge in [0.1, 0.15) is 0 Å². The van der Waals surface area contributed by atoms with Crippen molar-refractivity contribution in [3.63, 3.8) is 0 Å². The van der Waals surface area contributed by atoms with Crippen molar-refractivity contribution < 1.29 is 28.4 Å². The van der Waals surface area contributed by atoms with Crippen LogP contribution >= 0.6 is 8.52 Å². The summed E-state index contributed by atoms with van der Waals surface area (Å²) in [4.78, 5) is 1.18. The van der Waals surface area contributed by atoms with Gasteiger partial charge in [0.2, 0.25) is 0 Å². The number of rotatable bonds is 2. The number of hydrogen-bond donors (Lipinski definition) is 1. The van der Waals surface area contributed by atoms with Crippen molar-refractivity contribution in [2.24, 2.45) is 0 Å². The van der Waals surface area contributed by atoms with E-state index in [-0.39, 0.29) is 6.61 Å². The average molecular weight is 349 g/mol. The first-order valence-electron chi connectivity index (χ1n) is 2.86. The van der Waals surface area contributed by atoms with Gasteiger partial charge < -0.3 is 0 Å². The standard InChI is InChI=1S/C7H7AtOS/c8-10-7-4-2-1-3-6(7)5-9/h1-4,9H,5H2. The van der Waals surface area contributed by atoms with E-state index in [4.69, 9.17) is 5.11 Å². The van der Waals surface area contributed by atoms with E-state index in [9.17, 15) is 0 Å². The molecule has 0 atom stereocenters. The van der Waals surface area contributed by atoms with Crippen LogP contribution < -0.4 is 0 Å². The second kappa shape index (κ2) is 4.32. The molecule has 1 nitrogen and oxygen atoms in total. The fourth-order valence-corrected chi connectivity index (χ4v) is 2.83. The number of benzene rings is 1. The fraction of sp³-hybridized carbons (Fsp3) is 0.143. The van der Waals surface area contributed by atoms with Crippen LogP contribution in [0.25, 0.3) is 0 Å². The first-order chi connectivity index (χ1) is 4.88. The van der Waals surface area contributed by atoms with Gasteiger partial charge in [0.15, 0.2) is 0 Å². The number of hydrogen-bond acceptors (Lipinski definition) is 2. The summed E-state index contributed by atoms with van der Waals surface area (Å²) in [5.41, 5.74) is 1.02. The van der Waals surface area contributed by atoms with E-state index in [1.807, 2.05) is 24.3 Å². The van der Waals surface area contributed by atoms with Crippen molar-refractivity contribution in [3.8, 4) is 0 Å². The molecule has 0 heterocycles. The maximum absolute atomic E-state index is 8.84. The molecule has 0 aliphatic carbocycles. The molecule has 1 aromatic carbocycles. The molecule has 0 aromatic heterocycles. The summed E-state index contributed by atoms with van der Waals surface area (Å²) < 4.78 is 0. The summed E-state index contributed by atoms with van der Waals surface area (Å²) in [6.45, 7) is 0.145. The molecule has 0 saturated carbocycles. The van der Waals surface area contributed by atoms with Gasteiger partial charge in [-0.3, -0.25) is 0 Å². The maximum atomic E-state index is 8.84. The van der Waals surface area contributed by atoms with Crippen LogP contribution in [-0.4, -0.2) is 5.11 Å². The van der Waals surface area contributed by atoms with E-state index < -0.39 is 0 Å². The Kier molecular flexibility index (Phi) is 3.68. The molecule has 0 radical (unpaired) electrons. The van der Waals surface area contributed by atoms with E-state index in [0.29, 0.717) is 0 Å². The van der Waals surface area contributed by atoms with Crippen molar-refractivity contribution in [2.45, 2.75) is 11.5 Å². The summed E-state index contributed by atoms with van der Waals surface area (Å²) in [5.74, 6) is 0. The van der Waals surface area contributed by atoms with Crippen molar-refractivity contribution in [2.75, 3.05) is 0 Å². The molecule has 0 aliphatic heterocycles. The van der Waals surface area contributed by atoms with Gasteiger partial charge in [-0.25, -0.2) is 0 Å².